The molecule has 2 heterocycles. The van der Waals surface area contributed by atoms with Crippen LogP contribution in [0.4, 0.5) is 11.5 Å². The Bertz CT molecular complexity index is 661. The van der Waals surface area contributed by atoms with Crippen molar-refractivity contribution in [1.82, 2.24) is 9.97 Å². The molecule has 2 atom stereocenters. The lowest BCUT2D eigenvalue weighted by atomic mass is 10.1. The minimum absolute atomic E-state index is 0.0334. The quantitative estimate of drug-likeness (QED) is 0.681. The number of ether oxygens (including phenoxy) is 1. The van der Waals surface area contributed by atoms with Gasteiger partial charge >= 0.3 is 0 Å². The molecule has 104 valence electrons. The zero-order chi connectivity index (χ0) is 14.1. The number of hydrogen-bond donors (Lipinski definition) is 1. The molecule has 0 bridgehead atoms. The number of anilines is 1. The molecule has 7 nitrogen and oxygen atoms in total. The fraction of sp³-hybridized carbons (Fsp3) is 0.385. The minimum atomic E-state index is -0.419. The summed E-state index contributed by atoms with van der Waals surface area (Å²) in [6.07, 6.45) is 2.44. The summed E-state index contributed by atoms with van der Waals surface area (Å²) in [5.74, 6) is 0.612. The van der Waals surface area contributed by atoms with Gasteiger partial charge in [-0.05, 0) is 19.4 Å². The van der Waals surface area contributed by atoms with Crippen molar-refractivity contribution in [3.8, 4) is 0 Å². The molecule has 1 aromatic carbocycles. The highest BCUT2D eigenvalue weighted by Gasteiger charge is 2.25. The first kappa shape index (κ1) is 12.7. The predicted octanol–water partition coefficient (Wildman–Crippen LogP) is 2.13. The van der Waals surface area contributed by atoms with E-state index in [1.165, 1.54) is 18.5 Å². The Morgan fingerprint density at radius 2 is 2.30 bits per heavy atom. The molecule has 0 radical (unpaired) electrons. The van der Waals surface area contributed by atoms with Gasteiger partial charge in [-0.15, -0.1) is 0 Å². The largest absolute Gasteiger partial charge is 0.376 e. The summed E-state index contributed by atoms with van der Waals surface area (Å²) in [7, 11) is 0. The van der Waals surface area contributed by atoms with E-state index in [1.54, 1.807) is 6.07 Å². The molecule has 1 fully saturated rings. The van der Waals surface area contributed by atoms with Gasteiger partial charge in [0.1, 0.15) is 12.1 Å². The third-order valence-electron chi connectivity index (χ3n) is 3.53. The summed E-state index contributed by atoms with van der Waals surface area (Å²) in [5, 5.41) is 14.8. The minimum Gasteiger partial charge on any atom is -0.376 e. The van der Waals surface area contributed by atoms with Crippen molar-refractivity contribution in [3.05, 3.63) is 34.6 Å². The first-order valence-corrected chi connectivity index (χ1v) is 6.42. The second-order valence-corrected chi connectivity index (χ2v) is 4.80. The molecule has 1 saturated heterocycles. The Hall–Kier alpha value is -2.28. The number of nitrogens with zero attached hydrogens (tertiary/aromatic N) is 3. The Kier molecular flexibility index (Phi) is 3.19. The van der Waals surface area contributed by atoms with Crippen molar-refractivity contribution >= 4 is 22.4 Å². The number of fused-ring (bicyclic) bond motifs is 1. The molecule has 2 unspecified atom stereocenters. The number of nitro benzene ring substituents is 1. The first-order valence-electron chi connectivity index (χ1n) is 6.42. The van der Waals surface area contributed by atoms with Gasteiger partial charge in [0.05, 0.1) is 22.6 Å². The zero-order valence-corrected chi connectivity index (χ0v) is 10.9. The number of hydrogen-bond acceptors (Lipinski definition) is 6. The molecule has 0 spiro atoms. The monoisotopic (exact) mass is 274 g/mol. The van der Waals surface area contributed by atoms with Gasteiger partial charge in [-0.3, -0.25) is 10.1 Å². The van der Waals surface area contributed by atoms with E-state index in [1.807, 2.05) is 6.92 Å². The lowest BCUT2D eigenvalue weighted by Crippen LogP contribution is -2.27. The van der Waals surface area contributed by atoms with E-state index in [4.69, 9.17) is 4.74 Å². The van der Waals surface area contributed by atoms with Crippen LogP contribution in [0, 0.1) is 10.1 Å². The SMILES string of the molecule is CC1OCCC1Nc1ncnc2ccc([N+](=O)[O-])cc12. The highest BCUT2D eigenvalue weighted by atomic mass is 16.6. The molecule has 7 heteroatoms. The van der Waals surface area contributed by atoms with Crippen LogP contribution in [-0.2, 0) is 4.74 Å². The summed E-state index contributed by atoms with van der Waals surface area (Å²) in [5.41, 5.74) is 0.714. The van der Waals surface area contributed by atoms with E-state index < -0.39 is 4.92 Å². The molecule has 1 N–H and O–H groups in total. The maximum atomic E-state index is 10.9. The van der Waals surface area contributed by atoms with Crippen LogP contribution >= 0.6 is 0 Å². The molecule has 1 aliphatic rings. The lowest BCUT2D eigenvalue weighted by Gasteiger charge is -2.17. The first-order chi connectivity index (χ1) is 9.65. The van der Waals surface area contributed by atoms with E-state index in [0.717, 1.165) is 6.42 Å². The molecule has 0 aliphatic carbocycles. The molecule has 3 rings (SSSR count). The van der Waals surface area contributed by atoms with Crippen molar-refractivity contribution in [2.24, 2.45) is 0 Å². The van der Waals surface area contributed by atoms with E-state index in [0.29, 0.717) is 23.3 Å². The van der Waals surface area contributed by atoms with Crippen LogP contribution in [0.15, 0.2) is 24.5 Å². The number of nitro groups is 1. The average Bonchev–Trinajstić information content (AvgIpc) is 2.84. The smallest absolute Gasteiger partial charge is 0.270 e. The average molecular weight is 274 g/mol. The van der Waals surface area contributed by atoms with Crippen LogP contribution < -0.4 is 5.32 Å². The Labute approximate surface area is 115 Å². The maximum absolute atomic E-state index is 10.9. The molecule has 0 amide bonds. The zero-order valence-electron chi connectivity index (χ0n) is 10.9. The number of rotatable bonds is 3. The van der Waals surface area contributed by atoms with Crippen LogP contribution in [0.2, 0.25) is 0 Å². The second-order valence-electron chi connectivity index (χ2n) is 4.80. The Balaban J connectivity index is 2.00. The molecule has 20 heavy (non-hydrogen) atoms. The summed E-state index contributed by atoms with van der Waals surface area (Å²) < 4.78 is 5.50. The topological polar surface area (TPSA) is 90.2 Å². The van der Waals surface area contributed by atoms with Crippen molar-refractivity contribution in [2.45, 2.75) is 25.5 Å². The van der Waals surface area contributed by atoms with E-state index in [2.05, 4.69) is 15.3 Å². The van der Waals surface area contributed by atoms with Gasteiger partial charge in [0, 0.05) is 24.1 Å². The van der Waals surface area contributed by atoms with Crippen molar-refractivity contribution < 1.29 is 9.66 Å². The number of aromatic nitrogens is 2. The highest BCUT2D eigenvalue weighted by molar-refractivity contribution is 5.90. The highest BCUT2D eigenvalue weighted by Crippen LogP contribution is 2.26. The van der Waals surface area contributed by atoms with Crippen LogP contribution in [-0.4, -0.2) is 33.6 Å². The van der Waals surface area contributed by atoms with Gasteiger partial charge in [-0.2, -0.15) is 0 Å². The molecule has 2 aromatic rings. The lowest BCUT2D eigenvalue weighted by molar-refractivity contribution is -0.384. The molecule has 1 aromatic heterocycles. The number of non-ortho nitro benzene ring substituents is 1. The van der Waals surface area contributed by atoms with Gasteiger partial charge in [0.2, 0.25) is 0 Å². The van der Waals surface area contributed by atoms with Crippen molar-refractivity contribution in [3.63, 3.8) is 0 Å². The van der Waals surface area contributed by atoms with Gasteiger partial charge in [-0.25, -0.2) is 9.97 Å². The second kappa shape index (κ2) is 5.01. The third kappa shape index (κ3) is 2.27. The van der Waals surface area contributed by atoms with Gasteiger partial charge in [0.15, 0.2) is 0 Å². The normalized spacial score (nSPS) is 22.1. The van der Waals surface area contributed by atoms with Crippen LogP contribution in [0.3, 0.4) is 0 Å². The molecule has 1 aliphatic heterocycles. The molecular weight excluding hydrogens is 260 g/mol. The van der Waals surface area contributed by atoms with Crippen LogP contribution in [0.1, 0.15) is 13.3 Å². The third-order valence-corrected chi connectivity index (χ3v) is 3.53. The Morgan fingerprint density at radius 3 is 3.00 bits per heavy atom. The van der Waals surface area contributed by atoms with Gasteiger partial charge in [-0.1, -0.05) is 0 Å². The standard InChI is InChI=1S/C13H14N4O3/c1-8-11(4-5-20-8)16-13-10-6-9(17(18)19)2-3-12(10)14-7-15-13/h2-3,6-8,11H,4-5H2,1H3,(H,14,15,16). The maximum Gasteiger partial charge on any atom is 0.270 e. The van der Waals surface area contributed by atoms with E-state index in [-0.39, 0.29) is 17.8 Å². The van der Waals surface area contributed by atoms with Crippen LogP contribution in [0.5, 0.6) is 0 Å². The molecular formula is C13H14N4O3. The Morgan fingerprint density at radius 1 is 1.45 bits per heavy atom. The number of nitrogens with one attached hydrogen (secondary N) is 1. The summed E-state index contributed by atoms with van der Waals surface area (Å²) >= 11 is 0. The van der Waals surface area contributed by atoms with Crippen molar-refractivity contribution in [2.75, 3.05) is 11.9 Å². The van der Waals surface area contributed by atoms with Crippen LogP contribution in [0.25, 0.3) is 10.9 Å². The van der Waals surface area contributed by atoms with Crippen molar-refractivity contribution in [1.29, 1.82) is 0 Å². The van der Waals surface area contributed by atoms with Gasteiger partial charge < -0.3 is 10.1 Å². The summed E-state index contributed by atoms with van der Waals surface area (Å²) in [4.78, 5) is 18.8. The van der Waals surface area contributed by atoms with E-state index >= 15 is 0 Å². The predicted molar refractivity (Wildman–Crippen MR) is 73.6 cm³/mol. The summed E-state index contributed by atoms with van der Waals surface area (Å²) in [6.45, 7) is 2.71. The fourth-order valence-electron chi connectivity index (χ4n) is 2.37. The summed E-state index contributed by atoms with van der Waals surface area (Å²) in [6, 6.07) is 4.74. The fourth-order valence-corrected chi connectivity index (χ4v) is 2.37. The van der Waals surface area contributed by atoms with E-state index in [9.17, 15) is 10.1 Å². The molecule has 0 saturated carbocycles. The number of benzene rings is 1. The van der Waals surface area contributed by atoms with Gasteiger partial charge in [0.25, 0.3) is 5.69 Å².